The van der Waals surface area contributed by atoms with E-state index < -0.39 is 39.8 Å². The number of aromatic nitrogens is 2. The Morgan fingerprint density at radius 3 is 2.75 bits per heavy atom. The third-order valence-electron chi connectivity index (χ3n) is 7.26. The Morgan fingerprint density at radius 2 is 1.95 bits per heavy atom. The molecule has 4 aromatic rings. The van der Waals surface area contributed by atoms with Crippen LogP contribution in [0.3, 0.4) is 0 Å². The van der Waals surface area contributed by atoms with Gasteiger partial charge in [0.05, 0.1) is 13.2 Å². The molecule has 13 nitrogen and oxygen atoms in total. The van der Waals surface area contributed by atoms with E-state index in [1.54, 1.807) is 12.1 Å². The van der Waals surface area contributed by atoms with Crippen LogP contribution in [0, 0.1) is 5.82 Å². The molecule has 4 heterocycles. The van der Waals surface area contributed by atoms with E-state index >= 15 is 0 Å². The van der Waals surface area contributed by atoms with Gasteiger partial charge in [-0.25, -0.2) is 12.8 Å². The number of carbonyl (C=O) groups is 2. The van der Waals surface area contributed by atoms with Gasteiger partial charge in [-0.2, -0.15) is 9.40 Å². The average Bonchev–Trinajstić information content (AvgIpc) is 3.72. The number of amides is 2. The summed E-state index contributed by atoms with van der Waals surface area (Å²) in [5, 5.41) is 11.9. The van der Waals surface area contributed by atoms with Gasteiger partial charge >= 0.3 is 0 Å². The summed E-state index contributed by atoms with van der Waals surface area (Å²) in [6, 6.07) is 12.2. The molecule has 230 valence electrons. The Morgan fingerprint density at radius 1 is 1.09 bits per heavy atom. The van der Waals surface area contributed by atoms with Gasteiger partial charge in [-0.05, 0) is 54.1 Å². The highest BCUT2D eigenvalue weighted by atomic mass is 32.2. The van der Waals surface area contributed by atoms with Crippen molar-refractivity contribution in [3.63, 3.8) is 0 Å². The number of nitrogens with one attached hydrogen (secondary N) is 3. The number of fused-ring (bicyclic) bond motifs is 5. The van der Waals surface area contributed by atoms with E-state index in [1.807, 2.05) is 0 Å². The van der Waals surface area contributed by atoms with Crippen LogP contribution < -0.4 is 24.8 Å². The molecule has 15 heteroatoms. The number of rotatable bonds is 4. The van der Waals surface area contributed by atoms with Gasteiger partial charge in [0.2, 0.25) is 5.09 Å². The van der Waals surface area contributed by atoms with Gasteiger partial charge in [-0.3, -0.25) is 14.7 Å². The number of piperidine rings is 1. The van der Waals surface area contributed by atoms with Crippen LogP contribution in [0.1, 0.15) is 22.3 Å². The fourth-order valence-electron chi connectivity index (χ4n) is 5.07. The van der Waals surface area contributed by atoms with Gasteiger partial charge in [0.1, 0.15) is 23.4 Å². The summed E-state index contributed by atoms with van der Waals surface area (Å²) in [7, 11) is -2.69. The fraction of sp³-hybridized carbons (Fsp3) is 0.276. The molecule has 0 radical (unpaired) electrons. The lowest BCUT2D eigenvalue weighted by atomic mass is 10.0. The Labute approximate surface area is 251 Å². The van der Waals surface area contributed by atoms with Crippen molar-refractivity contribution in [2.24, 2.45) is 0 Å². The summed E-state index contributed by atoms with van der Waals surface area (Å²) in [6.45, 7) is -0.491. The zero-order chi connectivity index (χ0) is 30.8. The maximum Gasteiger partial charge on any atom is 0.276 e. The Bertz CT molecular complexity index is 1790. The van der Waals surface area contributed by atoms with E-state index in [1.165, 1.54) is 60.1 Å². The maximum absolute atomic E-state index is 14.5. The smallest absolute Gasteiger partial charge is 0.276 e. The molecular formula is C29H28FN5O8S. The molecule has 2 aromatic carbocycles. The summed E-state index contributed by atoms with van der Waals surface area (Å²) in [5.41, 5.74) is 1.13. The Balaban J connectivity index is 1.32. The molecule has 0 spiro atoms. The monoisotopic (exact) mass is 625 g/mol. The molecule has 2 aromatic heterocycles. The van der Waals surface area contributed by atoms with Gasteiger partial charge in [-0.15, -0.1) is 0 Å². The minimum Gasteiger partial charge on any atom is -0.493 e. The van der Waals surface area contributed by atoms with Crippen LogP contribution in [-0.4, -0.2) is 73.7 Å². The second kappa shape index (κ2) is 12.0. The van der Waals surface area contributed by atoms with Crippen molar-refractivity contribution < 1.29 is 41.0 Å². The van der Waals surface area contributed by atoms with Crippen LogP contribution >= 0.6 is 0 Å². The Hall–Kier alpha value is -4.89. The number of nitrogens with zero attached hydrogens (tertiary/aromatic N) is 2. The predicted octanol–water partition coefficient (Wildman–Crippen LogP) is 2.47. The van der Waals surface area contributed by atoms with Gasteiger partial charge in [0.15, 0.2) is 23.9 Å². The molecule has 44 heavy (non-hydrogen) atoms. The number of hydrogen-bond acceptors (Lipinski definition) is 9. The molecular weight excluding hydrogens is 597 g/mol. The van der Waals surface area contributed by atoms with Crippen LogP contribution in [0.15, 0.2) is 70.3 Å². The number of benzene rings is 2. The largest absolute Gasteiger partial charge is 0.493 e. The first kappa shape index (κ1) is 29.2. The Kier molecular flexibility index (Phi) is 7.97. The first-order chi connectivity index (χ1) is 21.2. The number of sulfonamides is 1. The van der Waals surface area contributed by atoms with Crippen molar-refractivity contribution in [3.8, 4) is 28.7 Å². The highest BCUT2D eigenvalue weighted by Crippen LogP contribution is 2.31. The summed E-state index contributed by atoms with van der Waals surface area (Å²) in [6.07, 6.45) is 0.956. The number of furan rings is 1. The number of methoxy groups -OCH3 is 1. The molecule has 2 amide bonds. The fourth-order valence-corrected chi connectivity index (χ4v) is 6.46. The highest BCUT2D eigenvalue weighted by molar-refractivity contribution is 7.89. The average molecular weight is 626 g/mol. The van der Waals surface area contributed by atoms with E-state index in [2.05, 4.69) is 20.8 Å². The topological polar surface area (TPSA) is 165 Å². The zero-order valence-electron chi connectivity index (χ0n) is 23.4. The van der Waals surface area contributed by atoms with Crippen LogP contribution in [0.25, 0.3) is 11.5 Å². The highest BCUT2D eigenvalue weighted by Gasteiger charge is 2.39. The molecule has 6 rings (SSSR count). The quantitative estimate of drug-likeness (QED) is 0.309. The van der Waals surface area contributed by atoms with Crippen LogP contribution in [0.2, 0.25) is 0 Å². The SMILES string of the molecule is COc1ccc2cc1OCC(=O)NCc1cc(F)cc(c1)O[C@@H]1CCN(S(=O)(=O)c3ccc(-c4ccn[nH]4)o3)C[C@@H]1NC2=O. The molecule has 0 saturated carbocycles. The van der Waals surface area contributed by atoms with Crippen LogP contribution in [-0.2, 0) is 21.4 Å². The summed E-state index contributed by atoms with van der Waals surface area (Å²) >= 11 is 0. The molecule has 0 aliphatic carbocycles. The maximum atomic E-state index is 14.5. The van der Waals surface area contributed by atoms with Crippen molar-refractivity contribution in [1.29, 1.82) is 0 Å². The van der Waals surface area contributed by atoms with Crippen LogP contribution in [0.5, 0.6) is 17.2 Å². The number of carbonyl (C=O) groups excluding carboxylic acids is 2. The molecule has 1 fully saturated rings. The molecule has 0 unspecified atom stereocenters. The lowest BCUT2D eigenvalue weighted by Gasteiger charge is -2.37. The van der Waals surface area contributed by atoms with Gasteiger partial charge < -0.3 is 29.3 Å². The number of aromatic amines is 1. The van der Waals surface area contributed by atoms with Gasteiger partial charge in [0.25, 0.3) is 21.8 Å². The first-order valence-corrected chi connectivity index (χ1v) is 15.1. The molecule has 4 bridgehead atoms. The molecule has 2 aliphatic rings. The molecule has 2 aliphatic heterocycles. The number of ether oxygens (including phenoxy) is 3. The van der Waals surface area contributed by atoms with E-state index in [9.17, 15) is 22.4 Å². The third kappa shape index (κ3) is 6.09. The van der Waals surface area contributed by atoms with Crippen molar-refractivity contribution in [1.82, 2.24) is 25.1 Å². The van der Waals surface area contributed by atoms with Crippen molar-refractivity contribution in [2.75, 3.05) is 26.8 Å². The van der Waals surface area contributed by atoms with E-state index in [0.29, 0.717) is 22.8 Å². The van der Waals surface area contributed by atoms with E-state index in [4.69, 9.17) is 18.6 Å². The number of halogens is 1. The van der Waals surface area contributed by atoms with Crippen molar-refractivity contribution >= 4 is 21.8 Å². The predicted molar refractivity (Wildman–Crippen MR) is 152 cm³/mol. The zero-order valence-corrected chi connectivity index (χ0v) is 24.2. The second-order valence-corrected chi connectivity index (χ2v) is 12.1. The lowest BCUT2D eigenvalue weighted by Crippen LogP contribution is -2.58. The normalized spacial score (nSPS) is 19.6. The minimum atomic E-state index is -4.11. The standard InChI is InChI=1S/C29H28FN5O8S/c1-40-25-3-2-18-12-26(25)41-16-27(36)31-14-17-10-19(30)13-20(11-17)42-24-7-9-35(15-22(24)33-29(18)37)44(38,39)28-5-4-23(43-28)21-6-8-32-34-21/h2-6,8,10-13,22,24H,7,9,14-16H2,1H3,(H,31,36)(H,32,34)(H,33,37)/t22-,24+/m0/s1. The van der Waals surface area contributed by atoms with Crippen molar-refractivity contribution in [3.05, 3.63) is 77.7 Å². The van der Waals surface area contributed by atoms with E-state index in [0.717, 1.165) is 0 Å². The van der Waals surface area contributed by atoms with Gasteiger partial charge in [0, 0.05) is 43.9 Å². The van der Waals surface area contributed by atoms with Crippen molar-refractivity contribution in [2.45, 2.75) is 30.2 Å². The molecule has 3 N–H and O–H groups in total. The van der Waals surface area contributed by atoms with Crippen LogP contribution in [0.4, 0.5) is 4.39 Å². The van der Waals surface area contributed by atoms with E-state index in [-0.39, 0.29) is 54.8 Å². The van der Waals surface area contributed by atoms with Gasteiger partial charge in [-0.1, -0.05) is 0 Å². The third-order valence-corrected chi connectivity index (χ3v) is 9.00. The lowest BCUT2D eigenvalue weighted by molar-refractivity contribution is -0.123. The second-order valence-electron chi connectivity index (χ2n) is 10.2. The molecule has 2 atom stereocenters. The number of H-pyrrole nitrogens is 1. The molecule has 1 saturated heterocycles. The minimum absolute atomic E-state index is 0.00796. The summed E-state index contributed by atoms with van der Waals surface area (Å²) < 4.78 is 65.8. The number of hydrogen-bond donors (Lipinski definition) is 3. The first-order valence-electron chi connectivity index (χ1n) is 13.6. The summed E-state index contributed by atoms with van der Waals surface area (Å²) in [4.78, 5) is 25.9. The summed E-state index contributed by atoms with van der Waals surface area (Å²) in [5.74, 6) is -0.686.